The summed E-state index contributed by atoms with van der Waals surface area (Å²) in [6.07, 6.45) is 0. The molecular formula is C11H11O3PS8. The monoisotopic (exact) mass is 478 g/mol. The van der Waals surface area contributed by atoms with Crippen LogP contribution < -0.4 is 0 Å². The second-order valence-corrected chi connectivity index (χ2v) is 17.7. The topological polar surface area (TPSA) is 35.5 Å². The molecule has 0 aromatic heterocycles. The van der Waals surface area contributed by atoms with E-state index in [9.17, 15) is 4.57 Å². The van der Waals surface area contributed by atoms with E-state index in [1.807, 2.05) is 70.6 Å². The molecule has 4 heterocycles. The van der Waals surface area contributed by atoms with Gasteiger partial charge in [0, 0.05) is 25.7 Å². The Hall–Kier alpha value is 2.17. The van der Waals surface area contributed by atoms with Gasteiger partial charge in [0.05, 0.1) is 25.4 Å². The molecule has 0 bridgehead atoms. The summed E-state index contributed by atoms with van der Waals surface area (Å²) in [6, 6.07) is 0. The summed E-state index contributed by atoms with van der Waals surface area (Å²) < 4.78 is 30.8. The van der Waals surface area contributed by atoms with Crippen LogP contribution in [0.2, 0.25) is 0 Å². The minimum Gasteiger partial charge on any atom is -0.311 e. The first-order valence-electron chi connectivity index (χ1n) is 6.37. The van der Waals surface area contributed by atoms with Gasteiger partial charge < -0.3 is 9.05 Å². The van der Waals surface area contributed by atoms with Crippen molar-refractivity contribution in [3.8, 4) is 0 Å². The Balaban J connectivity index is 1.44. The first-order valence-corrected chi connectivity index (χ1v) is 15.0. The summed E-state index contributed by atoms with van der Waals surface area (Å²) in [6.45, 7) is 0. The summed E-state index contributed by atoms with van der Waals surface area (Å²) in [4.78, 5) is 0. The molecule has 0 fully saturated rings. The van der Waals surface area contributed by atoms with E-state index >= 15 is 0 Å². The van der Waals surface area contributed by atoms with E-state index in [0.717, 1.165) is 0 Å². The van der Waals surface area contributed by atoms with Gasteiger partial charge in [0.2, 0.25) is 0 Å². The van der Waals surface area contributed by atoms with Crippen LogP contribution in [-0.4, -0.2) is 30.0 Å². The van der Waals surface area contributed by atoms with Gasteiger partial charge >= 0.3 is 7.60 Å². The van der Waals surface area contributed by atoms with Crippen molar-refractivity contribution in [2.24, 2.45) is 0 Å². The highest BCUT2D eigenvalue weighted by atomic mass is 32.3. The molecule has 0 unspecified atom stereocenters. The highest BCUT2D eigenvalue weighted by Gasteiger charge is 2.45. The van der Waals surface area contributed by atoms with Crippen LogP contribution in [0.15, 0.2) is 25.4 Å². The third kappa shape index (κ3) is 3.63. The molecule has 0 aromatic carbocycles. The SMILES string of the molecule is COP(=O)(OC)C1SC2=C(SC(=C3SC4=C(SCCS4)S3)S2)S1. The van der Waals surface area contributed by atoms with E-state index in [1.54, 1.807) is 23.5 Å². The summed E-state index contributed by atoms with van der Waals surface area (Å²) in [5.41, 5.74) is 0. The third-order valence-corrected chi connectivity index (χ3v) is 18.5. The molecule has 126 valence electrons. The molecule has 0 radical (unpaired) electrons. The quantitative estimate of drug-likeness (QED) is 0.391. The minimum atomic E-state index is -3.03. The van der Waals surface area contributed by atoms with Crippen molar-refractivity contribution in [1.82, 2.24) is 0 Å². The van der Waals surface area contributed by atoms with E-state index < -0.39 is 7.60 Å². The summed E-state index contributed by atoms with van der Waals surface area (Å²) >= 11 is 14.7. The zero-order valence-corrected chi connectivity index (χ0v) is 19.4. The standard InChI is InChI=1S/C11H11O3PS8/c1-13-15(12,14-2)11-22-9-10(23-11)21-8(20-9)7-18-5-6(19-7)17-4-3-16-5/h11H,3-4H2,1-2H3. The van der Waals surface area contributed by atoms with E-state index in [1.165, 1.54) is 51.1 Å². The number of rotatable bonds is 3. The Bertz CT molecular complexity index is 639. The smallest absolute Gasteiger partial charge is 0.311 e. The fourth-order valence-corrected chi connectivity index (χ4v) is 18.0. The second-order valence-electron chi connectivity index (χ2n) is 4.28. The van der Waals surface area contributed by atoms with Gasteiger partial charge in [-0.1, -0.05) is 70.6 Å². The maximum atomic E-state index is 12.5. The second kappa shape index (κ2) is 7.66. The molecule has 0 spiro atoms. The van der Waals surface area contributed by atoms with Gasteiger partial charge in [-0.2, -0.15) is 0 Å². The Morgan fingerprint density at radius 2 is 1.22 bits per heavy atom. The molecule has 0 amide bonds. The van der Waals surface area contributed by atoms with Crippen LogP contribution in [-0.2, 0) is 13.6 Å². The Morgan fingerprint density at radius 1 is 0.783 bits per heavy atom. The van der Waals surface area contributed by atoms with Gasteiger partial charge in [-0.3, -0.25) is 4.57 Å². The van der Waals surface area contributed by atoms with Gasteiger partial charge in [-0.25, -0.2) is 0 Å². The lowest BCUT2D eigenvalue weighted by molar-refractivity contribution is 0.279. The normalized spacial score (nSPS) is 25.7. The van der Waals surface area contributed by atoms with Crippen LogP contribution in [0.5, 0.6) is 0 Å². The average Bonchev–Trinajstić information content (AvgIpc) is 3.25. The third-order valence-electron chi connectivity index (χ3n) is 2.97. The van der Waals surface area contributed by atoms with Crippen LogP contribution >= 0.6 is 102 Å². The molecule has 0 N–H and O–H groups in total. The van der Waals surface area contributed by atoms with Crippen LogP contribution in [0.25, 0.3) is 0 Å². The summed E-state index contributed by atoms with van der Waals surface area (Å²) in [7, 11) is -0.116. The average molecular weight is 479 g/mol. The molecule has 4 rings (SSSR count). The van der Waals surface area contributed by atoms with Crippen LogP contribution in [0.4, 0.5) is 0 Å². The van der Waals surface area contributed by atoms with E-state index in [0.29, 0.717) is 0 Å². The molecule has 3 nitrogen and oxygen atoms in total. The van der Waals surface area contributed by atoms with Gasteiger partial charge in [-0.15, -0.1) is 23.5 Å². The Morgan fingerprint density at radius 3 is 1.65 bits per heavy atom. The Kier molecular flexibility index (Phi) is 6.17. The van der Waals surface area contributed by atoms with E-state index in [-0.39, 0.29) is 4.32 Å². The maximum Gasteiger partial charge on any atom is 0.353 e. The molecule has 0 saturated carbocycles. The van der Waals surface area contributed by atoms with Crippen LogP contribution in [0, 0.1) is 0 Å². The molecule has 0 aliphatic carbocycles. The molecular weight excluding hydrogens is 468 g/mol. The molecule has 23 heavy (non-hydrogen) atoms. The number of hydrogen-bond donors (Lipinski definition) is 0. The Labute approximate surface area is 169 Å². The van der Waals surface area contributed by atoms with Crippen molar-refractivity contribution < 1.29 is 13.6 Å². The van der Waals surface area contributed by atoms with Gasteiger partial charge in [0.1, 0.15) is 0 Å². The predicted molar refractivity (Wildman–Crippen MR) is 117 cm³/mol. The number of hydrogen-bond acceptors (Lipinski definition) is 11. The van der Waals surface area contributed by atoms with E-state index in [2.05, 4.69) is 0 Å². The first kappa shape index (κ1) is 18.5. The summed E-state index contributed by atoms with van der Waals surface area (Å²) in [5.74, 6) is 2.43. The van der Waals surface area contributed by atoms with Gasteiger partial charge in [0.25, 0.3) is 0 Å². The first-order chi connectivity index (χ1) is 11.1. The lowest BCUT2D eigenvalue weighted by Gasteiger charge is -2.19. The molecule has 4 aliphatic rings. The maximum absolute atomic E-state index is 12.5. The molecule has 4 aliphatic heterocycles. The lowest BCUT2D eigenvalue weighted by atomic mass is 11.0. The van der Waals surface area contributed by atoms with Crippen molar-refractivity contribution >= 4 is 102 Å². The molecule has 0 aromatic rings. The van der Waals surface area contributed by atoms with Crippen LogP contribution in [0.3, 0.4) is 0 Å². The minimum absolute atomic E-state index is 0.185. The van der Waals surface area contributed by atoms with Crippen LogP contribution in [0.1, 0.15) is 0 Å². The van der Waals surface area contributed by atoms with E-state index in [4.69, 9.17) is 9.05 Å². The predicted octanol–water partition coefficient (Wildman–Crippen LogP) is 7.06. The zero-order chi connectivity index (χ0) is 16.0. The highest BCUT2D eigenvalue weighted by Crippen LogP contribution is 2.75. The van der Waals surface area contributed by atoms with Gasteiger partial charge in [0.15, 0.2) is 4.32 Å². The zero-order valence-electron chi connectivity index (χ0n) is 11.9. The van der Waals surface area contributed by atoms with Crippen molar-refractivity contribution in [3.05, 3.63) is 25.4 Å². The molecule has 12 heteroatoms. The largest absolute Gasteiger partial charge is 0.353 e. The number of thioether (sulfide) groups is 8. The fraction of sp³-hybridized carbons (Fsp3) is 0.455. The fourth-order valence-electron chi connectivity index (χ4n) is 1.88. The molecule has 0 atom stereocenters. The van der Waals surface area contributed by atoms with Gasteiger partial charge in [-0.05, 0) is 0 Å². The molecule has 0 saturated heterocycles. The van der Waals surface area contributed by atoms with Crippen molar-refractivity contribution in [3.63, 3.8) is 0 Å². The van der Waals surface area contributed by atoms with Crippen molar-refractivity contribution in [2.75, 3.05) is 25.7 Å². The summed E-state index contributed by atoms with van der Waals surface area (Å²) in [5, 5.41) is 0. The lowest BCUT2D eigenvalue weighted by Crippen LogP contribution is -2.00. The van der Waals surface area contributed by atoms with Crippen molar-refractivity contribution in [1.29, 1.82) is 0 Å². The highest BCUT2D eigenvalue weighted by molar-refractivity contribution is 8.49. The van der Waals surface area contributed by atoms with Crippen molar-refractivity contribution in [2.45, 2.75) is 4.32 Å².